The molecule has 0 aliphatic carbocycles. The Morgan fingerprint density at radius 1 is 0.591 bits per heavy atom. The Hall–Kier alpha value is -3.27. The zero-order valence-corrected chi connectivity index (χ0v) is 28.8. The highest BCUT2D eigenvalue weighted by atomic mass is 28.4. The Morgan fingerprint density at radius 3 is 1.34 bits per heavy atom. The van der Waals surface area contributed by atoms with Gasteiger partial charge in [-0.25, -0.2) is 0 Å². The van der Waals surface area contributed by atoms with Crippen molar-refractivity contribution in [3.8, 4) is 0 Å². The zero-order chi connectivity index (χ0) is 31.6. The van der Waals surface area contributed by atoms with Crippen LogP contribution in [0, 0.1) is 0 Å². The fourth-order valence-corrected chi connectivity index (χ4v) is 17.2. The fraction of sp³-hybridized carbons (Fsp3) is 0.316. The minimum Gasteiger partial charge on any atom is -0.494 e. The molecule has 5 rings (SSSR count). The maximum Gasteiger partial charge on any atom is 0.261 e. The molecule has 2 N–H and O–H groups in total. The van der Waals surface area contributed by atoms with Crippen molar-refractivity contribution in [2.24, 2.45) is 0 Å². The topological polar surface area (TPSA) is 58.9 Å². The van der Waals surface area contributed by atoms with E-state index in [1.54, 1.807) is 6.08 Å². The third-order valence-electron chi connectivity index (χ3n) is 9.12. The fourth-order valence-electron chi connectivity index (χ4n) is 7.12. The van der Waals surface area contributed by atoms with E-state index >= 15 is 0 Å². The van der Waals surface area contributed by atoms with E-state index in [0.717, 1.165) is 15.8 Å². The molecule has 3 atom stereocenters. The molecule has 1 heterocycles. The van der Waals surface area contributed by atoms with Gasteiger partial charge in [0.1, 0.15) is 18.3 Å². The average Bonchev–Trinajstić information content (AvgIpc) is 3.01. The van der Waals surface area contributed by atoms with E-state index in [1.807, 2.05) is 24.3 Å². The third-order valence-corrected chi connectivity index (χ3v) is 19.8. The molecule has 0 spiro atoms. The number of benzene rings is 4. The van der Waals surface area contributed by atoms with Crippen molar-refractivity contribution in [1.29, 1.82) is 0 Å². The quantitative estimate of drug-likeness (QED) is 0.266. The lowest BCUT2D eigenvalue weighted by molar-refractivity contribution is -0.0832. The highest BCUT2D eigenvalue weighted by Gasteiger charge is 2.56. The number of rotatable bonds is 8. The van der Waals surface area contributed by atoms with Crippen molar-refractivity contribution in [3.05, 3.63) is 133 Å². The summed E-state index contributed by atoms with van der Waals surface area (Å²) in [7, 11) is -5.78. The number of hydrogen-bond acceptors (Lipinski definition) is 4. The summed E-state index contributed by atoms with van der Waals surface area (Å²) in [6.07, 6.45) is -1.21. The van der Waals surface area contributed by atoms with Crippen molar-refractivity contribution in [2.75, 3.05) is 6.61 Å². The Balaban J connectivity index is 1.62. The van der Waals surface area contributed by atoms with Gasteiger partial charge in [0.15, 0.2) is 8.07 Å². The molecule has 0 saturated carbocycles. The molecule has 6 heteroatoms. The summed E-state index contributed by atoms with van der Waals surface area (Å²) in [5.74, 6) is 0. The summed E-state index contributed by atoms with van der Waals surface area (Å²) in [6, 6.07) is 42.0. The lowest BCUT2D eigenvalue weighted by Crippen LogP contribution is -2.69. The minimum absolute atomic E-state index is 0.140. The van der Waals surface area contributed by atoms with Gasteiger partial charge in [-0.05, 0) is 36.9 Å². The van der Waals surface area contributed by atoms with Crippen LogP contribution in [-0.4, -0.2) is 51.5 Å². The summed E-state index contributed by atoms with van der Waals surface area (Å²) in [5, 5.41) is 27.9. The highest BCUT2D eigenvalue weighted by molar-refractivity contribution is 7.09. The van der Waals surface area contributed by atoms with E-state index in [2.05, 4.69) is 139 Å². The molecule has 0 aromatic heterocycles. The van der Waals surface area contributed by atoms with Gasteiger partial charge >= 0.3 is 0 Å². The van der Waals surface area contributed by atoms with Gasteiger partial charge in [-0.15, -0.1) is 0 Å². The van der Waals surface area contributed by atoms with Crippen LogP contribution in [0.4, 0.5) is 0 Å². The van der Waals surface area contributed by atoms with Gasteiger partial charge in [0.05, 0.1) is 12.0 Å². The molecule has 0 radical (unpaired) electrons. The van der Waals surface area contributed by atoms with Crippen LogP contribution in [-0.2, 0) is 9.16 Å². The molecule has 0 bridgehead atoms. The molecule has 0 amide bonds. The second kappa shape index (κ2) is 12.6. The summed E-state index contributed by atoms with van der Waals surface area (Å²) in [6.45, 7) is 13.6. The summed E-state index contributed by atoms with van der Waals surface area (Å²) >= 11 is 0. The van der Waals surface area contributed by atoms with E-state index in [0.29, 0.717) is 0 Å². The van der Waals surface area contributed by atoms with Crippen LogP contribution in [0.3, 0.4) is 0 Å². The van der Waals surface area contributed by atoms with Gasteiger partial charge in [0, 0.05) is 0 Å². The van der Waals surface area contributed by atoms with Crippen molar-refractivity contribution in [3.63, 3.8) is 0 Å². The number of ether oxygens (including phenoxy) is 1. The van der Waals surface area contributed by atoms with Gasteiger partial charge in [0.2, 0.25) is 0 Å². The summed E-state index contributed by atoms with van der Waals surface area (Å²) in [4.78, 5) is 0. The molecule has 4 aromatic rings. The number of aliphatic hydroxyl groups is 2. The van der Waals surface area contributed by atoms with E-state index in [1.165, 1.54) is 10.4 Å². The van der Waals surface area contributed by atoms with Gasteiger partial charge in [-0.3, -0.25) is 0 Å². The van der Waals surface area contributed by atoms with Gasteiger partial charge in [-0.1, -0.05) is 163 Å². The minimum atomic E-state index is -2.90. The Bertz CT molecular complexity index is 1450. The van der Waals surface area contributed by atoms with E-state index in [4.69, 9.17) is 9.16 Å². The first-order chi connectivity index (χ1) is 20.9. The normalized spacial score (nSPS) is 19.6. The van der Waals surface area contributed by atoms with Crippen LogP contribution in [0.1, 0.15) is 41.5 Å². The Morgan fingerprint density at radius 2 is 0.977 bits per heavy atom. The predicted octanol–water partition coefficient (Wildman–Crippen LogP) is 5.17. The summed E-state index contributed by atoms with van der Waals surface area (Å²) in [5.41, 5.74) is 0. The molecule has 4 aromatic carbocycles. The number of hydrogen-bond donors (Lipinski definition) is 2. The molecule has 1 aliphatic heterocycles. The number of aliphatic hydroxyl groups excluding tert-OH is 2. The monoisotopic (exact) mass is 622 g/mol. The van der Waals surface area contributed by atoms with E-state index in [-0.39, 0.29) is 16.7 Å². The van der Waals surface area contributed by atoms with Crippen molar-refractivity contribution in [1.82, 2.24) is 0 Å². The molecule has 4 nitrogen and oxygen atoms in total. The molecule has 0 fully saturated rings. The smallest absolute Gasteiger partial charge is 0.261 e. The molecule has 230 valence electrons. The van der Waals surface area contributed by atoms with Crippen LogP contribution >= 0.6 is 0 Å². The Labute approximate surface area is 265 Å². The first kappa shape index (κ1) is 32.1. The molecule has 1 aliphatic rings. The predicted molar refractivity (Wildman–Crippen MR) is 186 cm³/mol. The highest BCUT2D eigenvalue weighted by Crippen LogP contribution is 2.43. The van der Waals surface area contributed by atoms with Gasteiger partial charge in [0.25, 0.3) is 8.32 Å². The molecule has 0 unspecified atom stereocenters. The van der Waals surface area contributed by atoms with Gasteiger partial charge in [-0.2, -0.15) is 0 Å². The lowest BCUT2D eigenvalue weighted by Gasteiger charge is -2.48. The van der Waals surface area contributed by atoms with Crippen molar-refractivity contribution < 1.29 is 19.4 Å². The maximum atomic E-state index is 11.4. The second-order valence-corrected chi connectivity index (χ2v) is 22.8. The van der Waals surface area contributed by atoms with Crippen LogP contribution in [0.5, 0.6) is 0 Å². The Kier molecular flexibility index (Phi) is 9.22. The van der Waals surface area contributed by atoms with Crippen LogP contribution < -0.4 is 20.7 Å². The van der Waals surface area contributed by atoms with Crippen LogP contribution in [0.25, 0.3) is 0 Å². The first-order valence-corrected chi connectivity index (χ1v) is 19.4. The largest absolute Gasteiger partial charge is 0.494 e. The molecular formula is C38H46O4Si2. The van der Waals surface area contributed by atoms with Crippen LogP contribution in [0.15, 0.2) is 133 Å². The van der Waals surface area contributed by atoms with E-state index < -0.39 is 34.7 Å². The molecular weight excluding hydrogens is 577 g/mol. The average molecular weight is 623 g/mol. The van der Waals surface area contributed by atoms with Crippen molar-refractivity contribution >= 4 is 37.1 Å². The standard InChI is InChI=1S/C38H46O4Si2/c1-37(2,3)43(29-19-11-7-12-20-29,30-21-13-8-14-22-30)35-27-33(39)36(40)34(42-35)28-41-44(38(4,5)6,31-23-15-9-16-24-31)32-25-17-10-18-26-32/h7-27,33-34,36,39-40H,28H2,1-6H3/t33-,34-,36-/m1/s1. The SMILES string of the molecule is CC(C)(C)[Si](OC[C@H]1OC([Si](c2ccccc2)(c2ccccc2)C(C)(C)C)=C[C@@H](O)[C@H]1O)(c1ccccc1)c1ccccc1. The third kappa shape index (κ3) is 5.66. The van der Waals surface area contributed by atoms with E-state index in [9.17, 15) is 10.2 Å². The molecule has 44 heavy (non-hydrogen) atoms. The first-order valence-electron chi connectivity index (χ1n) is 15.5. The summed E-state index contributed by atoms with van der Waals surface area (Å²) < 4.78 is 14.2. The maximum absolute atomic E-state index is 11.4. The van der Waals surface area contributed by atoms with Crippen molar-refractivity contribution in [2.45, 2.75) is 69.9 Å². The van der Waals surface area contributed by atoms with Crippen LogP contribution in [0.2, 0.25) is 10.1 Å². The lowest BCUT2D eigenvalue weighted by atomic mass is 10.1. The second-order valence-electron chi connectivity index (χ2n) is 13.9. The van der Waals surface area contributed by atoms with Gasteiger partial charge < -0.3 is 19.4 Å². The zero-order valence-electron chi connectivity index (χ0n) is 26.8. The molecule has 0 saturated heterocycles.